The Labute approximate surface area is 131 Å². The van der Waals surface area contributed by atoms with E-state index >= 15 is 0 Å². The molecule has 6 heteroatoms. The number of rotatable bonds is 7. The van der Waals surface area contributed by atoms with Crippen molar-refractivity contribution in [2.45, 2.75) is 65.0 Å². The summed E-state index contributed by atoms with van der Waals surface area (Å²) in [5.74, 6) is -0.311. The Morgan fingerprint density at radius 1 is 1.32 bits per heavy atom. The van der Waals surface area contributed by atoms with E-state index in [1.54, 1.807) is 24.6 Å². The van der Waals surface area contributed by atoms with E-state index in [1.807, 2.05) is 0 Å². The number of aryl methyl sites for hydroxylation is 1. The van der Waals surface area contributed by atoms with Gasteiger partial charge in [0.2, 0.25) is 0 Å². The van der Waals surface area contributed by atoms with E-state index in [9.17, 15) is 14.3 Å². The maximum Gasteiger partial charge on any atom is 0.272 e. The molecule has 0 aliphatic carbocycles. The molecule has 0 aliphatic rings. The molecule has 0 fully saturated rings. The zero-order chi connectivity index (χ0) is 17.0. The number of aromatic nitrogens is 2. The lowest BCUT2D eigenvalue weighted by Crippen LogP contribution is -2.46. The van der Waals surface area contributed by atoms with E-state index in [-0.39, 0.29) is 24.6 Å². The minimum absolute atomic E-state index is 0.151. The molecular weight excluding hydrogens is 285 g/mol. The zero-order valence-electron chi connectivity index (χ0n) is 14.2. The van der Waals surface area contributed by atoms with Crippen molar-refractivity contribution in [1.29, 1.82) is 0 Å². The molecule has 1 amide bonds. The van der Waals surface area contributed by atoms with Crippen LogP contribution in [-0.4, -0.2) is 39.6 Å². The van der Waals surface area contributed by atoms with Crippen LogP contribution in [-0.2, 0) is 12.0 Å². The van der Waals surface area contributed by atoms with Gasteiger partial charge in [0.15, 0.2) is 0 Å². The number of hydrogen-bond acceptors (Lipinski definition) is 3. The number of carbonyl (C=O) groups is 1. The molecule has 2 N–H and O–H groups in total. The van der Waals surface area contributed by atoms with E-state index in [4.69, 9.17) is 0 Å². The van der Waals surface area contributed by atoms with Crippen LogP contribution in [0.4, 0.5) is 4.39 Å². The van der Waals surface area contributed by atoms with E-state index < -0.39 is 5.54 Å². The number of alkyl halides is 1. The van der Waals surface area contributed by atoms with Crippen LogP contribution in [0.1, 0.15) is 63.6 Å². The third-order valence-electron chi connectivity index (χ3n) is 3.38. The van der Waals surface area contributed by atoms with Crippen molar-refractivity contribution in [2.75, 3.05) is 13.3 Å². The fourth-order valence-electron chi connectivity index (χ4n) is 2.07. The summed E-state index contributed by atoms with van der Waals surface area (Å²) >= 11 is 0. The highest BCUT2D eigenvalue weighted by molar-refractivity contribution is 5.92. The largest absolute Gasteiger partial charge is 0.394 e. The third kappa shape index (κ3) is 5.09. The number of aliphatic hydroxyl groups excluding tert-OH is 1. The number of nitrogens with zero attached hydrogens (tertiary/aromatic N) is 2. The molecule has 0 radical (unpaired) electrons. The minimum atomic E-state index is -0.697. The Morgan fingerprint density at radius 2 is 1.95 bits per heavy atom. The smallest absolute Gasteiger partial charge is 0.272 e. The van der Waals surface area contributed by atoms with Crippen LogP contribution < -0.4 is 5.32 Å². The topological polar surface area (TPSA) is 67.2 Å². The summed E-state index contributed by atoms with van der Waals surface area (Å²) in [7, 11) is 0. The third-order valence-corrected chi connectivity index (χ3v) is 3.38. The fraction of sp³-hybridized carbons (Fsp3) is 0.750. The Hall–Kier alpha value is -1.43. The SMILES string of the molecule is CC(C)(CO)NC(=O)c1cc(C(C)(C)C)n(CCCCF)n1. The molecule has 0 saturated heterocycles. The summed E-state index contributed by atoms with van der Waals surface area (Å²) in [4.78, 5) is 12.3. The Balaban J connectivity index is 2.99. The van der Waals surface area contributed by atoms with Crippen LogP contribution in [0, 0.1) is 0 Å². The predicted octanol–water partition coefficient (Wildman–Crippen LogP) is 2.43. The van der Waals surface area contributed by atoms with Gasteiger partial charge in [-0.2, -0.15) is 5.10 Å². The van der Waals surface area contributed by atoms with E-state index in [0.717, 1.165) is 5.69 Å². The second-order valence-electron chi connectivity index (χ2n) is 7.28. The summed E-state index contributed by atoms with van der Waals surface area (Å²) in [6.07, 6.45) is 1.17. The van der Waals surface area contributed by atoms with Crippen LogP contribution >= 0.6 is 0 Å². The maximum atomic E-state index is 12.3. The average molecular weight is 313 g/mol. The molecule has 0 spiro atoms. The second-order valence-corrected chi connectivity index (χ2v) is 7.28. The number of aliphatic hydroxyl groups is 1. The molecule has 0 atom stereocenters. The first-order chi connectivity index (χ1) is 10.1. The number of carbonyl (C=O) groups excluding carboxylic acids is 1. The maximum absolute atomic E-state index is 12.3. The standard InChI is InChI=1S/C16H28FN3O2/c1-15(2,3)13-10-12(14(22)18-16(4,5)11-21)19-20(13)9-7-6-8-17/h10,21H,6-9,11H2,1-5H3,(H,18,22). The quantitative estimate of drug-likeness (QED) is 0.760. The van der Waals surface area contributed by atoms with Crippen molar-refractivity contribution in [3.8, 4) is 0 Å². The normalized spacial score (nSPS) is 12.5. The molecule has 0 aliphatic heterocycles. The molecule has 22 heavy (non-hydrogen) atoms. The van der Waals surface area contributed by atoms with Gasteiger partial charge in [0.25, 0.3) is 5.91 Å². The molecule has 1 rings (SSSR count). The van der Waals surface area contributed by atoms with Crippen LogP contribution in [0.2, 0.25) is 0 Å². The average Bonchev–Trinajstić information content (AvgIpc) is 2.83. The van der Waals surface area contributed by atoms with Gasteiger partial charge in [-0.05, 0) is 32.8 Å². The number of nitrogens with one attached hydrogen (secondary N) is 1. The lowest BCUT2D eigenvalue weighted by molar-refractivity contribution is 0.0863. The van der Waals surface area contributed by atoms with Crippen LogP contribution in [0.5, 0.6) is 0 Å². The molecule has 1 heterocycles. The van der Waals surface area contributed by atoms with Crippen molar-refractivity contribution in [1.82, 2.24) is 15.1 Å². The highest BCUT2D eigenvalue weighted by atomic mass is 19.1. The molecule has 1 aromatic rings. The van der Waals surface area contributed by atoms with Crippen molar-refractivity contribution in [3.63, 3.8) is 0 Å². The highest BCUT2D eigenvalue weighted by Crippen LogP contribution is 2.24. The van der Waals surface area contributed by atoms with E-state index in [1.165, 1.54) is 0 Å². The molecule has 1 aromatic heterocycles. The molecule has 0 saturated carbocycles. The summed E-state index contributed by atoms with van der Waals surface area (Å²) < 4.78 is 14.1. The van der Waals surface area contributed by atoms with Crippen LogP contribution in [0.15, 0.2) is 6.07 Å². The Kier molecular flexibility index (Phi) is 6.11. The van der Waals surface area contributed by atoms with Gasteiger partial charge < -0.3 is 10.4 Å². The number of unbranched alkanes of at least 4 members (excludes halogenated alkanes) is 1. The van der Waals surface area contributed by atoms with Gasteiger partial charge in [0.1, 0.15) is 5.69 Å². The van der Waals surface area contributed by atoms with Gasteiger partial charge in [-0.25, -0.2) is 0 Å². The molecule has 0 aromatic carbocycles. The van der Waals surface area contributed by atoms with Gasteiger partial charge in [-0.1, -0.05) is 20.8 Å². The molecule has 0 bridgehead atoms. The van der Waals surface area contributed by atoms with Crippen LogP contribution in [0.3, 0.4) is 0 Å². The summed E-state index contributed by atoms with van der Waals surface area (Å²) in [5, 5.41) is 16.4. The van der Waals surface area contributed by atoms with Gasteiger partial charge in [-0.15, -0.1) is 0 Å². The monoisotopic (exact) mass is 313 g/mol. The van der Waals surface area contributed by atoms with Gasteiger partial charge >= 0.3 is 0 Å². The summed E-state index contributed by atoms with van der Waals surface area (Å²) in [5.41, 5.74) is 0.412. The minimum Gasteiger partial charge on any atom is -0.394 e. The number of hydrogen-bond donors (Lipinski definition) is 2. The lowest BCUT2D eigenvalue weighted by Gasteiger charge is -2.22. The van der Waals surface area contributed by atoms with Crippen molar-refractivity contribution < 1.29 is 14.3 Å². The number of halogens is 1. The van der Waals surface area contributed by atoms with Gasteiger partial charge in [-0.3, -0.25) is 13.9 Å². The van der Waals surface area contributed by atoms with Gasteiger partial charge in [0, 0.05) is 17.7 Å². The molecule has 0 unspecified atom stereocenters. The number of amides is 1. The second kappa shape index (κ2) is 7.22. The lowest BCUT2D eigenvalue weighted by atomic mass is 9.91. The zero-order valence-corrected chi connectivity index (χ0v) is 14.2. The van der Waals surface area contributed by atoms with E-state index in [0.29, 0.717) is 25.1 Å². The summed E-state index contributed by atoms with van der Waals surface area (Å²) in [6, 6.07) is 1.78. The van der Waals surface area contributed by atoms with Gasteiger partial charge in [0.05, 0.1) is 18.8 Å². The first-order valence-corrected chi connectivity index (χ1v) is 7.68. The van der Waals surface area contributed by atoms with Crippen LogP contribution in [0.25, 0.3) is 0 Å². The van der Waals surface area contributed by atoms with Crippen molar-refractivity contribution >= 4 is 5.91 Å². The fourth-order valence-corrected chi connectivity index (χ4v) is 2.07. The highest BCUT2D eigenvalue weighted by Gasteiger charge is 2.26. The first kappa shape index (κ1) is 18.6. The molecular formula is C16H28FN3O2. The predicted molar refractivity (Wildman–Crippen MR) is 84.8 cm³/mol. The Morgan fingerprint density at radius 3 is 2.45 bits per heavy atom. The summed E-state index contributed by atoms with van der Waals surface area (Å²) in [6.45, 7) is 9.74. The molecule has 5 nitrogen and oxygen atoms in total. The van der Waals surface area contributed by atoms with Crippen molar-refractivity contribution in [2.24, 2.45) is 0 Å². The first-order valence-electron chi connectivity index (χ1n) is 7.68. The van der Waals surface area contributed by atoms with Crippen molar-refractivity contribution in [3.05, 3.63) is 17.5 Å². The van der Waals surface area contributed by atoms with E-state index in [2.05, 4.69) is 31.2 Å². The Bertz CT molecular complexity index is 504. The molecule has 126 valence electrons.